The quantitative estimate of drug-likeness (QED) is 0.706. The van der Waals surface area contributed by atoms with E-state index in [2.05, 4.69) is 15.6 Å². The summed E-state index contributed by atoms with van der Waals surface area (Å²) in [6.45, 7) is 1.25. The summed E-state index contributed by atoms with van der Waals surface area (Å²) in [7, 11) is 0. The molecule has 0 saturated carbocycles. The van der Waals surface area contributed by atoms with E-state index in [1.807, 2.05) is 0 Å². The van der Waals surface area contributed by atoms with E-state index in [1.165, 1.54) is 12.3 Å². The van der Waals surface area contributed by atoms with Gasteiger partial charge in [-0.05, 0) is 31.0 Å². The normalized spacial score (nSPS) is 18.6. The zero-order valence-electron chi connectivity index (χ0n) is 9.85. The van der Waals surface area contributed by atoms with Crippen molar-refractivity contribution in [1.82, 2.24) is 15.6 Å². The summed E-state index contributed by atoms with van der Waals surface area (Å²) in [5.41, 5.74) is 0.786. The monoisotopic (exact) mass is 249 g/mol. The maximum absolute atomic E-state index is 11.7. The van der Waals surface area contributed by atoms with Crippen molar-refractivity contribution in [3.8, 4) is 0 Å². The highest BCUT2D eigenvalue weighted by atomic mass is 16.4. The van der Waals surface area contributed by atoms with E-state index in [0.717, 1.165) is 24.9 Å². The second kappa shape index (κ2) is 5.59. The van der Waals surface area contributed by atoms with Crippen molar-refractivity contribution in [3.05, 3.63) is 29.6 Å². The minimum Gasteiger partial charge on any atom is -0.477 e. The van der Waals surface area contributed by atoms with Crippen molar-refractivity contribution >= 4 is 11.9 Å². The number of hydrogen-bond acceptors (Lipinski definition) is 4. The molecule has 6 heteroatoms. The van der Waals surface area contributed by atoms with E-state index in [0.29, 0.717) is 6.54 Å². The van der Waals surface area contributed by atoms with Crippen LogP contribution in [-0.4, -0.2) is 34.6 Å². The molecule has 1 aromatic rings. The number of rotatable bonds is 4. The highest BCUT2D eigenvalue weighted by Crippen LogP contribution is 2.05. The van der Waals surface area contributed by atoms with Crippen LogP contribution in [0.5, 0.6) is 0 Å². The van der Waals surface area contributed by atoms with Crippen molar-refractivity contribution in [1.29, 1.82) is 0 Å². The topological polar surface area (TPSA) is 91.3 Å². The minimum absolute atomic E-state index is 0.00235. The average Bonchev–Trinajstić information content (AvgIpc) is 2.90. The molecule has 96 valence electrons. The van der Waals surface area contributed by atoms with Crippen molar-refractivity contribution in [2.45, 2.75) is 25.4 Å². The number of nitrogens with one attached hydrogen (secondary N) is 2. The first kappa shape index (κ1) is 12.5. The molecule has 1 aliphatic rings. The Labute approximate surface area is 104 Å². The molecule has 2 rings (SSSR count). The smallest absolute Gasteiger partial charge is 0.354 e. The molecule has 6 nitrogen and oxygen atoms in total. The molecule has 2 heterocycles. The molecule has 0 bridgehead atoms. The number of amides is 1. The van der Waals surface area contributed by atoms with Crippen LogP contribution >= 0.6 is 0 Å². The highest BCUT2D eigenvalue weighted by Gasteiger charge is 2.21. The number of hydrogen-bond donors (Lipinski definition) is 3. The van der Waals surface area contributed by atoms with Crippen molar-refractivity contribution < 1.29 is 14.7 Å². The zero-order valence-corrected chi connectivity index (χ0v) is 9.85. The van der Waals surface area contributed by atoms with Gasteiger partial charge in [0.05, 0.1) is 6.04 Å². The lowest BCUT2D eigenvalue weighted by Crippen LogP contribution is -2.40. The van der Waals surface area contributed by atoms with Gasteiger partial charge in [-0.2, -0.15) is 0 Å². The average molecular weight is 249 g/mol. The van der Waals surface area contributed by atoms with Gasteiger partial charge in [-0.1, -0.05) is 6.07 Å². The summed E-state index contributed by atoms with van der Waals surface area (Å²) in [5.74, 6) is -1.07. The molecule has 1 fully saturated rings. The van der Waals surface area contributed by atoms with E-state index in [1.54, 1.807) is 6.07 Å². The summed E-state index contributed by atoms with van der Waals surface area (Å²) in [6, 6.07) is 2.98. The lowest BCUT2D eigenvalue weighted by molar-refractivity contribution is -0.122. The summed E-state index contributed by atoms with van der Waals surface area (Å²) >= 11 is 0. The molecule has 1 saturated heterocycles. The molecule has 0 aliphatic carbocycles. The third-order valence-electron chi connectivity index (χ3n) is 2.89. The van der Waals surface area contributed by atoms with Crippen LogP contribution in [0.2, 0.25) is 0 Å². The van der Waals surface area contributed by atoms with Crippen LogP contribution < -0.4 is 10.6 Å². The number of aromatic carboxylic acids is 1. The maximum atomic E-state index is 11.7. The fourth-order valence-electron chi connectivity index (χ4n) is 1.88. The molecule has 18 heavy (non-hydrogen) atoms. The minimum atomic E-state index is -1.05. The molecule has 0 spiro atoms. The molecule has 0 radical (unpaired) electrons. The number of carboxylic acids is 1. The van der Waals surface area contributed by atoms with Gasteiger partial charge in [0.15, 0.2) is 0 Å². The van der Waals surface area contributed by atoms with Crippen LogP contribution in [0.15, 0.2) is 18.3 Å². The Kier molecular flexibility index (Phi) is 3.88. The van der Waals surface area contributed by atoms with Gasteiger partial charge in [-0.3, -0.25) is 4.79 Å². The molecule has 1 atom stereocenters. The van der Waals surface area contributed by atoms with Gasteiger partial charge in [0.2, 0.25) is 5.91 Å². The van der Waals surface area contributed by atoms with Gasteiger partial charge >= 0.3 is 5.97 Å². The Hall–Kier alpha value is -1.95. The molecule has 1 amide bonds. The maximum Gasteiger partial charge on any atom is 0.354 e. The first-order chi connectivity index (χ1) is 8.66. The summed E-state index contributed by atoms with van der Waals surface area (Å²) in [6.07, 6.45) is 3.35. The van der Waals surface area contributed by atoms with E-state index in [4.69, 9.17) is 5.11 Å². The SMILES string of the molecule is O=C(O)c1ccc(CNC(=O)[C@@H]2CCCN2)cn1. The Morgan fingerprint density at radius 1 is 1.50 bits per heavy atom. The first-order valence-corrected chi connectivity index (χ1v) is 5.86. The Morgan fingerprint density at radius 3 is 2.89 bits per heavy atom. The Morgan fingerprint density at radius 2 is 2.33 bits per heavy atom. The summed E-state index contributed by atoms with van der Waals surface area (Å²) < 4.78 is 0. The van der Waals surface area contributed by atoms with Gasteiger partial charge in [-0.15, -0.1) is 0 Å². The van der Waals surface area contributed by atoms with Crippen LogP contribution in [0.1, 0.15) is 28.9 Å². The summed E-state index contributed by atoms with van der Waals surface area (Å²) in [5, 5.41) is 14.6. The fourth-order valence-corrected chi connectivity index (χ4v) is 1.88. The molecular formula is C12H15N3O3. The van der Waals surface area contributed by atoms with Gasteiger partial charge < -0.3 is 15.7 Å². The van der Waals surface area contributed by atoms with Crippen LogP contribution in [-0.2, 0) is 11.3 Å². The molecule has 1 aromatic heterocycles. The molecule has 3 N–H and O–H groups in total. The van der Waals surface area contributed by atoms with E-state index in [9.17, 15) is 9.59 Å². The second-order valence-corrected chi connectivity index (χ2v) is 4.22. The third kappa shape index (κ3) is 3.04. The van der Waals surface area contributed by atoms with E-state index < -0.39 is 5.97 Å². The first-order valence-electron chi connectivity index (χ1n) is 5.86. The molecular weight excluding hydrogens is 234 g/mol. The van der Waals surface area contributed by atoms with E-state index >= 15 is 0 Å². The highest BCUT2D eigenvalue weighted by molar-refractivity contribution is 5.85. The van der Waals surface area contributed by atoms with Gasteiger partial charge in [-0.25, -0.2) is 9.78 Å². The lowest BCUT2D eigenvalue weighted by atomic mass is 10.2. The lowest BCUT2D eigenvalue weighted by Gasteiger charge is -2.10. The number of carbonyl (C=O) groups is 2. The van der Waals surface area contributed by atoms with Crippen LogP contribution in [0.3, 0.4) is 0 Å². The number of pyridine rings is 1. The molecule has 0 unspecified atom stereocenters. The Bertz CT molecular complexity index is 438. The largest absolute Gasteiger partial charge is 0.477 e. The predicted octanol–water partition coefficient (Wildman–Crippen LogP) is 0.148. The van der Waals surface area contributed by atoms with Gasteiger partial charge in [0.25, 0.3) is 0 Å². The van der Waals surface area contributed by atoms with E-state index in [-0.39, 0.29) is 17.6 Å². The van der Waals surface area contributed by atoms with Crippen LogP contribution in [0.4, 0.5) is 0 Å². The number of carboxylic acid groups (broad SMARTS) is 1. The number of nitrogens with zero attached hydrogens (tertiary/aromatic N) is 1. The van der Waals surface area contributed by atoms with Crippen molar-refractivity contribution in [2.24, 2.45) is 0 Å². The van der Waals surface area contributed by atoms with Gasteiger partial charge in [0, 0.05) is 12.7 Å². The summed E-state index contributed by atoms with van der Waals surface area (Å²) in [4.78, 5) is 26.1. The van der Waals surface area contributed by atoms with Crippen molar-refractivity contribution in [2.75, 3.05) is 6.54 Å². The number of aromatic nitrogens is 1. The second-order valence-electron chi connectivity index (χ2n) is 4.22. The van der Waals surface area contributed by atoms with Crippen LogP contribution in [0, 0.1) is 0 Å². The molecule has 1 aliphatic heterocycles. The fraction of sp³-hybridized carbons (Fsp3) is 0.417. The third-order valence-corrected chi connectivity index (χ3v) is 2.89. The van der Waals surface area contributed by atoms with Gasteiger partial charge in [0.1, 0.15) is 5.69 Å². The zero-order chi connectivity index (χ0) is 13.0. The predicted molar refractivity (Wildman–Crippen MR) is 64.1 cm³/mol. The molecule has 0 aromatic carbocycles. The van der Waals surface area contributed by atoms with Crippen molar-refractivity contribution in [3.63, 3.8) is 0 Å². The Balaban J connectivity index is 1.86. The number of carbonyl (C=O) groups excluding carboxylic acids is 1. The van der Waals surface area contributed by atoms with Crippen LogP contribution in [0.25, 0.3) is 0 Å². The standard InChI is InChI=1S/C12H15N3O3/c16-11(9-2-1-5-13-9)15-7-8-3-4-10(12(17)18)14-6-8/h3-4,6,9,13H,1-2,5,7H2,(H,15,16)(H,17,18)/t9-/m0/s1.